The molecule has 0 spiro atoms. The number of rotatable bonds is 2. The molecule has 0 radical (unpaired) electrons. The summed E-state index contributed by atoms with van der Waals surface area (Å²) in [7, 11) is 0. The van der Waals surface area contributed by atoms with Crippen molar-refractivity contribution in [3.63, 3.8) is 0 Å². The van der Waals surface area contributed by atoms with E-state index in [0.717, 1.165) is 10.0 Å². The van der Waals surface area contributed by atoms with Crippen molar-refractivity contribution in [3.05, 3.63) is 66.9 Å². The standard InChI is InChI=1S/C13H10BrN3O2/c1-8(9-2-4-11(14)5-3-9)17-7-10(6-15)12(18)16-13(17)19/h2-5,7-8H,1H3,(H,16,18,19). The Morgan fingerprint density at radius 3 is 2.53 bits per heavy atom. The number of nitrogens with zero attached hydrogens (tertiary/aromatic N) is 2. The first-order valence-corrected chi connectivity index (χ1v) is 6.33. The summed E-state index contributed by atoms with van der Waals surface area (Å²) in [5.41, 5.74) is -0.365. The van der Waals surface area contributed by atoms with E-state index in [1.54, 1.807) is 6.07 Å². The Balaban J connectivity index is 2.53. The molecule has 0 bridgehead atoms. The van der Waals surface area contributed by atoms with Gasteiger partial charge in [0.1, 0.15) is 11.6 Å². The Hall–Kier alpha value is -2.13. The SMILES string of the molecule is CC(c1ccc(Br)cc1)n1cc(C#N)c(=O)[nH]c1=O. The van der Waals surface area contributed by atoms with Crippen molar-refractivity contribution < 1.29 is 0 Å². The van der Waals surface area contributed by atoms with E-state index >= 15 is 0 Å². The summed E-state index contributed by atoms with van der Waals surface area (Å²) in [6.07, 6.45) is 1.29. The van der Waals surface area contributed by atoms with Crippen LogP contribution >= 0.6 is 15.9 Å². The van der Waals surface area contributed by atoms with Crippen molar-refractivity contribution in [3.8, 4) is 6.07 Å². The van der Waals surface area contributed by atoms with Gasteiger partial charge in [-0.15, -0.1) is 0 Å². The van der Waals surface area contributed by atoms with Crippen LogP contribution in [-0.4, -0.2) is 9.55 Å². The van der Waals surface area contributed by atoms with Gasteiger partial charge in [-0.3, -0.25) is 14.3 Å². The summed E-state index contributed by atoms with van der Waals surface area (Å²) < 4.78 is 2.28. The van der Waals surface area contributed by atoms with Crippen LogP contribution in [0.3, 0.4) is 0 Å². The monoisotopic (exact) mass is 319 g/mol. The summed E-state index contributed by atoms with van der Waals surface area (Å²) in [6, 6.07) is 8.98. The molecule has 96 valence electrons. The Morgan fingerprint density at radius 2 is 1.95 bits per heavy atom. The summed E-state index contributed by atoms with van der Waals surface area (Å²) in [4.78, 5) is 25.2. The predicted molar refractivity (Wildman–Crippen MR) is 74.0 cm³/mol. The second kappa shape index (κ2) is 5.24. The summed E-state index contributed by atoms with van der Waals surface area (Å²) in [6.45, 7) is 1.82. The van der Waals surface area contributed by atoms with Gasteiger partial charge in [0.15, 0.2) is 0 Å². The molecule has 19 heavy (non-hydrogen) atoms. The van der Waals surface area contributed by atoms with Crippen LogP contribution in [0.2, 0.25) is 0 Å². The first kappa shape index (κ1) is 13.3. The van der Waals surface area contributed by atoms with Gasteiger partial charge in [0.05, 0.1) is 6.04 Å². The number of benzene rings is 1. The quantitative estimate of drug-likeness (QED) is 0.916. The molecule has 1 aromatic heterocycles. The van der Waals surface area contributed by atoms with E-state index in [2.05, 4.69) is 20.9 Å². The maximum Gasteiger partial charge on any atom is 0.328 e. The van der Waals surface area contributed by atoms with Crippen LogP contribution in [0.25, 0.3) is 0 Å². The Bertz CT molecular complexity index is 753. The molecule has 1 heterocycles. The first-order chi connectivity index (χ1) is 9.02. The topological polar surface area (TPSA) is 78.7 Å². The molecule has 1 N–H and O–H groups in total. The van der Waals surface area contributed by atoms with Crippen LogP contribution in [-0.2, 0) is 0 Å². The summed E-state index contributed by atoms with van der Waals surface area (Å²) in [5, 5.41) is 8.83. The maximum absolute atomic E-state index is 11.8. The van der Waals surface area contributed by atoms with Gasteiger partial charge in [-0.25, -0.2) is 4.79 Å². The fourth-order valence-electron chi connectivity index (χ4n) is 1.75. The van der Waals surface area contributed by atoms with Gasteiger partial charge in [0, 0.05) is 10.7 Å². The van der Waals surface area contributed by atoms with Gasteiger partial charge >= 0.3 is 5.69 Å². The lowest BCUT2D eigenvalue weighted by Gasteiger charge is -2.15. The van der Waals surface area contributed by atoms with Crippen molar-refractivity contribution in [1.29, 1.82) is 5.26 Å². The fraction of sp³-hybridized carbons (Fsp3) is 0.154. The van der Waals surface area contributed by atoms with Gasteiger partial charge in [-0.2, -0.15) is 5.26 Å². The Morgan fingerprint density at radius 1 is 1.32 bits per heavy atom. The molecule has 6 heteroatoms. The third-order valence-corrected chi connectivity index (χ3v) is 3.39. The largest absolute Gasteiger partial charge is 0.328 e. The lowest BCUT2D eigenvalue weighted by molar-refractivity contribution is 0.593. The molecule has 0 amide bonds. The first-order valence-electron chi connectivity index (χ1n) is 5.54. The predicted octanol–water partition coefficient (Wildman–Crippen LogP) is 1.78. The van der Waals surface area contributed by atoms with Crippen LogP contribution in [0.4, 0.5) is 0 Å². The number of aromatic nitrogens is 2. The second-order valence-electron chi connectivity index (χ2n) is 4.05. The highest BCUT2D eigenvalue weighted by Gasteiger charge is 2.12. The third kappa shape index (κ3) is 2.66. The lowest BCUT2D eigenvalue weighted by Crippen LogP contribution is -2.33. The molecule has 0 aliphatic rings. The van der Waals surface area contributed by atoms with E-state index in [9.17, 15) is 9.59 Å². The molecule has 1 unspecified atom stereocenters. The van der Waals surface area contributed by atoms with Gasteiger partial charge in [-0.1, -0.05) is 28.1 Å². The molecule has 2 aromatic rings. The Kier molecular flexibility index (Phi) is 3.67. The van der Waals surface area contributed by atoms with E-state index in [0.29, 0.717) is 0 Å². The van der Waals surface area contributed by atoms with E-state index in [4.69, 9.17) is 5.26 Å². The molecule has 0 aliphatic heterocycles. The molecular formula is C13H10BrN3O2. The number of halogens is 1. The maximum atomic E-state index is 11.8. The van der Waals surface area contributed by atoms with Crippen molar-refractivity contribution in [2.24, 2.45) is 0 Å². The van der Waals surface area contributed by atoms with E-state index in [1.807, 2.05) is 31.2 Å². The molecule has 1 aromatic carbocycles. The fourth-order valence-corrected chi connectivity index (χ4v) is 2.02. The number of H-pyrrole nitrogens is 1. The zero-order valence-electron chi connectivity index (χ0n) is 10.1. The second-order valence-corrected chi connectivity index (χ2v) is 4.96. The number of nitrogens with one attached hydrogen (secondary N) is 1. The average molecular weight is 320 g/mol. The van der Waals surface area contributed by atoms with Crippen molar-refractivity contribution in [2.75, 3.05) is 0 Å². The van der Waals surface area contributed by atoms with E-state index in [1.165, 1.54) is 10.8 Å². The number of hydrogen-bond donors (Lipinski definition) is 1. The summed E-state index contributed by atoms with van der Waals surface area (Å²) in [5.74, 6) is 0. The van der Waals surface area contributed by atoms with Gasteiger partial charge in [0.25, 0.3) is 5.56 Å². The molecule has 1 atom stereocenters. The number of hydrogen-bond acceptors (Lipinski definition) is 3. The highest BCUT2D eigenvalue weighted by Crippen LogP contribution is 2.18. The average Bonchev–Trinajstić information content (AvgIpc) is 2.39. The lowest BCUT2D eigenvalue weighted by atomic mass is 10.1. The minimum atomic E-state index is -0.660. The van der Waals surface area contributed by atoms with Crippen molar-refractivity contribution in [1.82, 2.24) is 9.55 Å². The highest BCUT2D eigenvalue weighted by atomic mass is 79.9. The minimum Gasteiger partial charge on any atom is -0.292 e. The van der Waals surface area contributed by atoms with E-state index in [-0.39, 0.29) is 11.6 Å². The van der Waals surface area contributed by atoms with Gasteiger partial charge in [0.2, 0.25) is 0 Å². The van der Waals surface area contributed by atoms with Crippen LogP contribution in [0.5, 0.6) is 0 Å². The molecule has 0 saturated carbocycles. The smallest absolute Gasteiger partial charge is 0.292 e. The normalized spacial score (nSPS) is 11.8. The van der Waals surface area contributed by atoms with E-state index < -0.39 is 11.2 Å². The van der Waals surface area contributed by atoms with Gasteiger partial charge in [-0.05, 0) is 24.6 Å². The van der Waals surface area contributed by atoms with Crippen LogP contribution < -0.4 is 11.2 Å². The zero-order chi connectivity index (χ0) is 14.0. The summed E-state index contributed by atoms with van der Waals surface area (Å²) >= 11 is 3.34. The molecule has 5 nitrogen and oxygen atoms in total. The zero-order valence-corrected chi connectivity index (χ0v) is 11.6. The van der Waals surface area contributed by atoms with Crippen molar-refractivity contribution in [2.45, 2.75) is 13.0 Å². The minimum absolute atomic E-state index is 0.0800. The molecule has 0 saturated heterocycles. The van der Waals surface area contributed by atoms with Gasteiger partial charge < -0.3 is 0 Å². The van der Waals surface area contributed by atoms with Crippen LogP contribution in [0, 0.1) is 11.3 Å². The van der Waals surface area contributed by atoms with Crippen LogP contribution in [0.15, 0.2) is 44.5 Å². The number of aromatic amines is 1. The molecule has 0 aliphatic carbocycles. The Labute approximate surface area is 117 Å². The molecule has 0 fully saturated rings. The van der Waals surface area contributed by atoms with Crippen molar-refractivity contribution >= 4 is 15.9 Å². The highest BCUT2D eigenvalue weighted by molar-refractivity contribution is 9.10. The van der Waals surface area contributed by atoms with Crippen LogP contribution in [0.1, 0.15) is 24.1 Å². The molecular weight excluding hydrogens is 310 g/mol. The number of nitriles is 1. The molecule has 2 rings (SSSR count). The third-order valence-electron chi connectivity index (χ3n) is 2.86.